The van der Waals surface area contributed by atoms with Gasteiger partial charge in [0.1, 0.15) is 0 Å². The van der Waals surface area contributed by atoms with E-state index in [1.165, 1.54) is 6.08 Å². The summed E-state index contributed by atoms with van der Waals surface area (Å²) in [7, 11) is 0. The van der Waals surface area contributed by atoms with Crippen LogP contribution in [0.1, 0.15) is 42.3 Å². The summed E-state index contributed by atoms with van der Waals surface area (Å²) in [6.45, 7) is 11.6. The van der Waals surface area contributed by atoms with Crippen LogP contribution >= 0.6 is 0 Å². The average molecular weight is 507 g/mol. The zero-order valence-corrected chi connectivity index (χ0v) is 21.7. The van der Waals surface area contributed by atoms with Gasteiger partial charge in [-0.05, 0) is 71.7 Å². The van der Waals surface area contributed by atoms with Crippen LogP contribution in [0, 0.1) is 16.7 Å². The Balaban J connectivity index is 1.73. The summed E-state index contributed by atoms with van der Waals surface area (Å²) in [6, 6.07) is 21.7. The molecule has 0 aliphatic rings. The lowest BCUT2D eigenvalue weighted by molar-refractivity contribution is -0.111. The Labute approximate surface area is 222 Å². The van der Waals surface area contributed by atoms with Gasteiger partial charge in [-0.1, -0.05) is 39.5 Å². The fourth-order valence-electron chi connectivity index (χ4n) is 3.95. The monoisotopic (exact) mass is 506 g/mol. The summed E-state index contributed by atoms with van der Waals surface area (Å²) in [5, 5.41) is 18.2. The van der Waals surface area contributed by atoms with Crippen molar-refractivity contribution in [3.8, 4) is 11.8 Å². The molecule has 0 unspecified atom stereocenters. The van der Waals surface area contributed by atoms with Crippen LogP contribution in [-0.2, 0) is 11.3 Å². The first kappa shape index (κ1) is 26.3. The molecule has 0 fully saturated rings. The molecule has 1 heterocycles. The van der Waals surface area contributed by atoms with Crippen LogP contribution in [-0.4, -0.2) is 27.9 Å². The Bertz CT molecular complexity index is 1540. The van der Waals surface area contributed by atoms with E-state index in [0.717, 1.165) is 23.1 Å². The maximum absolute atomic E-state index is 13.1. The number of hydrogen-bond acceptors (Lipinski definition) is 5. The third kappa shape index (κ3) is 6.33. The summed E-state index contributed by atoms with van der Waals surface area (Å²) < 4.78 is 1.84. The first-order valence-corrected chi connectivity index (χ1v) is 12.2. The second-order valence-corrected chi connectivity index (χ2v) is 10.1. The predicted molar refractivity (Wildman–Crippen MR) is 150 cm³/mol. The highest BCUT2D eigenvalue weighted by Crippen LogP contribution is 2.28. The van der Waals surface area contributed by atoms with E-state index >= 15 is 0 Å². The van der Waals surface area contributed by atoms with Gasteiger partial charge in [-0.15, -0.1) is 0 Å². The maximum Gasteiger partial charge on any atom is 0.257 e. The smallest absolute Gasteiger partial charge is 0.257 e. The van der Waals surface area contributed by atoms with Gasteiger partial charge in [0.05, 0.1) is 28.4 Å². The van der Waals surface area contributed by atoms with Crippen molar-refractivity contribution in [1.29, 1.82) is 5.26 Å². The molecule has 2 amide bonds. The Kier molecular flexibility index (Phi) is 7.70. The fourth-order valence-corrected chi connectivity index (χ4v) is 3.95. The molecule has 0 saturated heterocycles. The molecule has 0 spiro atoms. The molecule has 1 aromatic heterocycles. The van der Waals surface area contributed by atoms with Gasteiger partial charge in [0, 0.05) is 24.3 Å². The first-order valence-electron chi connectivity index (χ1n) is 12.2. The number of anilines is 2. The summed E-state index contributed by atoms with van der Waals surface area (Å²) in [5.74, 6) is -0.338. The van der Waals surface area contributed by atoms with Crippen LogP contribution in [0.3, 0.4) is 0 Å². The van der Waals surface area contributed by atoms with Crippen molar-refractivity contribution >= 4 is 34.5 Å². The molecule has 8 nitrogen and oxygen atoms in total. The highest BCUT2D eigenvalue weighted by atomic mass is 16.2. The molecule has 3 aromatic carbocycles. The van der Waals surface area contributed by atoms with Crippen molar-refractivity contribution < 1.29 is 9.59 Å². The van der Waals surface area contributed by atoms with Gasteiger partial charge in [0.25, 0.3) is 5.91 Å². The van der Waals surface area contributed by atoms with E-state index in [9.17, 15) is 9.59 Å². The number of nitriles is 1. The second-order valence-electron chi connectivity index (χ2n) is 10.1. The number of rotatable bonds is 8. The molecule has 4 aromatic rings. The zero-order chi connectivity index (χ0) is 27.3. The standard InChI is InChI=1S/C30H30N6O2/c1-5-27(37)33-23-7-6-8-24(16-23)36-26-14-11-21(18-32-19-30(2,3)4)15-25(26)34-29(36)35-28(38)22-12-9-20(17-31)10-13-22/h5-16,32H,1,18-19H2,2-4H3,(H,33,37)(H,34,35,38). The average Bonchev–Trinajstić information content (AvgIpc) is 3.25. The minimum absolute atomic E-state index is 0.167. The summed E-state index contributed by atoms with van der Waals surface area (Å²) in [4.78, 5) is 29.7. The number of imidazole rings is 1. The van der Waals surface area contributed by atoms with Gasteiger partial charge in [-0.2, -0.15) is 5.26 Å². The van der Waals surface area contributed by atoms with E-state index in [2.05, 4.69) is 49.4 Å². The van der Waals surface area contributed by atoms with E-state index in [1.807, 2.05) is 34.9 Å². The van der Waals surface area contributed by atoms with Crippen LogP contribution in [0.4, 0.5) is 11.6 Å². The number of amides is 2. The molecule has 8 heteroatoms. The van der Waals surface area contributed by atoms with Gasteiger partial charge in [0.15, 0.2) is 0 Å². The molecular weight excluding hydrogens is 476 g/mol. The minimum Gasteiger partial charge on any atom is -0.322 e. The van der Waals surface area contributed by atoms with Crippen molar-refractivity contribution in [2.45, 2.75) is 27.3 Å². The van der Waals surface area contributed by atoms with E-state index in [-0.39, 0.29) is 17.2 Å². The Morgan fingerprint density at radius 1 is 1.05 bits per heavy atom. The number of carbonyl (C=O) groups is 2. The van der Waals surface area contributed by atoms with Crippen molar-refractivity contribution in [2.24, 2.45) is 5.41 Å². The van der Waals surface area contributed by atoms with Crippen molar-refractivity contribution in [1.82, 2.24) is 14.9 Å². The van der Waals surface area contributed by atoms with E-state index in [0.29, 0.717) is 35.0 Å². The molecule has 4 rings (SSSR count). The highest BCUT2D eigenvalue weighted by Gasteiger charge is 2.17. The third-order valence-corrected chi connectivity index (χ3v) is 5.76. The number of carbonyl (C=O) groups excluding carboxylic acids is 2. The normalized spacial score (nSPS) is 11.1. The number of benzene rings is 3. The molecular formula is C30H30N6O2. The van der Waals surface area contributed by atoms with Crippen LogP contribution in [0.15, 0.2) is 79.4 Å². The summed E-state index contributed by atoms with van der Waals surface area (Å²) >= 11 is 0. The SMILES string of the molecule is C=CC(=O)Nc1cccc(-n2c(NC(=O)c3ccc(C#N)cc3)nc3cc(CNCC(C)(C)C)ccc32)c1. The van der Waals surface area contributed by atoms with Gasteiger partial charge < -0.3 is 10.6 Å². The number of aromatic nitrogens is 2. The summed E-state index contributed by atoms with van der Waals surface area (Å²) in [5.41, 5.74) is 4.93. The lowest BCUT2D eigenvalue weighted by Crippen LogP contribution is -2.26. The highest BCUT2D eigenvalue weighted by molar-refractivity contribution is 6.04. The largest absolute Gasteiger partial charge is 0.322 e. The topological polar surface area (TPSA) is 112 Å². The Morgan fingerprint density at radius 3 is 2.50 bits per heavy atom. The second kappa shape index (κ2) is 11.1. The fraction of sp³-hybridized carbons (Fsp3) is 0.200. The van der Waals surface area contributed by atoms with Crippen molar-refractivity contribution in [2.75, 3.05) is 17.2 Å². The predicted octanol–water partition coefficient (Wildman–Crippen LogP) is 5.41. The summed E-state index contributed by atoms with van der Waals surface area (Å²) in [6.07, 6.45) is 1.21. The first-order chi connectivity index (χ1) is 18.2. The molecule has 0 bridgehead atoms. The number of nitrogens with one attached hydrogen (secondary N) is 3. The van der Waals surface area contributed by atoms with E-state index in [4.69, 9.17) is 10.2 Å². The number of fused-ring (bicyclic) bond motifs is 1. The lowest BCUT2D eigenvalue weighted by atomic mass is 9.97. The maximum atomic E-state index is 13.1. The third-order valence-electron chi connectivity index (χ3n) is 5.76. The molecule has 0 radical (unpaired) electrons. The molecule has 0 atom stereocenters. The zero-order valence-electron chi connectivity index (χ0n) is 21.7. The Morgan fingerprint density at radius 2 is 1.82 bits per heavy atom. The molecule has 192 valence electrons. The molecule has 38 heavy (non-hydrogen) atoms. The van der Waals surface area contributed by atoms with Crippen molar-refractivity contribution in [3.05, 3.63) is 96.1 Å². The molecule has 0 aliphatic heterocycles. The van der Waals surface area contributed by atoms with Crippen LogP contribution in [0.25, 0.3) is 16.7 Å². The van der Waals surface area contributed by atoms with E-state index < -0.39 is 0 Å². The van der Waals surface area contributed by atoms with Crippen LogP contribution < -0.4 is 16.0 Å². The Hall–Kier alpha value is -4.74. The quantitative estimate of drug-likeness (QED) is 0.277. The number of nitrogens with zero attached hydrogens (tertiary/aromatic N) is 3. The number of hydrogen-bond donors (Lipinski definition) is 3. The molecule has 3 N–H and O–H groups in total. The van der Waals surface area contributed by atoms with Gasteiger partial charge in [-0.25, -0.2) is 4.98 Å². The lowest BCUT2D eigenvalue weighted by Gasteiger charge is -2.18. The molecule has 0 aliphatic carbocycles. The van der Waals surface area contributed by atoms with Gasteiger partial charge >= 0.3 is 0 Å². The van der Waals surface area contributed by atoms with Crippen molar-refractivity contribution in [3.63, 3.8) is 0 Å². The minimum atomic E-state index is -0.353. The van der Waals surface area contributed by atoms with Gasteiger partial charge in [0.2, 0.25) is 11.9 Å². The van der Waals surface area contributed by atoms with Crippen LogP contribution in [0.5, 0.6) is 0 Å². The van der Waals surface area contributed by atoms with Crippen LogP contribution in [0.2, 0.25) is 0 Å². The van der Waals surface area contributed by atoms with Gasteiger partial charge in [-0.3, -0.25) is 19.5 Å². The van der Waals surface area contributed by atoms with E-state index in [1.54, 1.807) is 36.4 Å². The molecule has 0 saturated carbocycles.